The van der Waals surface area contributed by atoms with Crippen LogP contribution in [0.2, 0.25) is 5.02 Å². The van der Waals surface area contributed by atoms with Crippen LogP contribution in [0.15, 0.2) is 58.1 Å². The van der Waals surface area contributed by atoms with Gasteiger partial charge in [0.2, 0.25) is 5.91 Å². The molecule has 0 spiro atoms. The predicted molar refractivity (Wildman–Crippen MR) is 121 cm³/mol. The molecule has 0 fully saturated rings. The quantitative estimate of drug-likeness (QED) is 0.403. The lowest BCUT2D eigenvalue weighted by molar-refractivity contribution is -0.115. The number of hydrogen-bond donors (Lipinski definition) is 1. The third-order valence-electron chi connectivity index (χ3n) is 4.26. The summed E-state index contributed by atoms with van der Waals surface area (Å²) in [7, 11) is -1.20. The van der Waals surface area contributed by atoms with E-state index in [0.717, 1.165) is 29.5 Å². The van der Waals surface area contributed by atoms with E-state index < -0.39 is 26.6 Å². The molecule has 0 aliphatic heterocycles. The number of sulfonamides is 1. The van der Waals surface area contributed by atoms with Crippen LogP contribution in [-0.2, 0) is 21.2 Å². The van der Waals surface area contributed by atoms with Crippen LogP contribution in [0.4, 0.5) is 10.1 Å². The molecular formula is C21H18ClFN6O3S. The maximum atomic E-state index is 13.6. The molecule has 12 heteroatoms. The topological polar surface area (TPSA) is 120 Å². The molecule has 0 saturated carbocycles. The highest BCUT2D eigenvalue weighted by Crippen LogP contribution is 2.30. The van der Waals surface area contributed by atoms with E-state index in [4.69, 9.17) is 11.6 Å². The highest BCUT2D eigenvalue weighted by Gasteiger charge is 2.25. The maximum Gasteiger partial charge on any atom is 0.285 e. The normalized spacial score (nSPS) is 11.4. The zero-order chi connectivity index (χ0) is 24.2. The predicted octanol–water partition coefficient (Wildman–Crippen LogP) is 3.00. The molecule has 0 unspecified atom stereocenters. The maximum absolute atomic E-state index is 13.6. The van der Waals surface area contributed by atoms with Gasteiger partial charge in [0.1, 0.15) is 23.0 Å². The first-order chi connectivity index (χ1) is 15.6. The van der Waals surface area contributed by atoms with Crippen molar-refractivity contribution in [3.8, 4) is 11.8 Å². The average Bonchev–Trinajstić information content (AvgIpc) is 3.19. The van der Waals surface area contributed by atoms with E-state index in [2.05, 4.69) is 14.8 Å². The highest BCUT2D eigenvalue weighted by molar-refractivity contribution is 7.90. The van der Waals surface area contributed by atoms with E-state index in [-0.39, 0.29) is 23.4 Å². The number of benzene rings is 2. The zero-order valence-electron chi connectivity index (χ0n) is 17.5. The number of halogens is 2. The van der Waals surface area contributed by atoms with Crippen molar-refractivity contribution in [1.29, 1.82) is 5.26 Å². The number of carbonyl (C=O) groups is 1. The van der Waals surface area contributed by atoms with E-state index in [1.807, 2.05) is 6.07 Å². The van der Waals surface area contributed by atoms with E-state index in [1.165, 1.54) is 11.0 Å². The molecule has 0 aliphatic carbocycles. The minimum atomic E-state index is -4.36. The Balaban J connectivity index is 2.09. The molecule has 0 radical (unpaired) electrons. The molecule has 9 nitrogen and oxygen atoms in total. The molecule has 3 aromatic rings. The molecule has 1 heterocycles. The van der Waals surface area contributed by atoms with Gasteiger partial charge in [-0.1, -0.05) is 29.8 Å². The monoisotopic (exact) mass is 488 g/mol. The fourth-order valence-electron chi connectivity index (χ4n) is 2.85. The summed E-state index contributed by atoms with van der Waals surface area (Å²) < 4.78 is 44.1. The minimum absolute atomic E-state index is 0.0404. The third-order valence-corrected chi connectivity index (χ3v) is 5.87. The number of anilines is 1. The standard InChI is InChI=1S/C21H18ClFN6O3S/c1-28(2)13-26-33(31,32)19-9-17(27-20(30)8-14-5-3-4-6-18(14)22)7-15(10-24)21(19)29-12-16(23)11-25-29/h3-7,9,11-13H,8H2,1-2H3,(H,27,30)/b26-13+. The summed E-state index contributed by atoms with van der Waals surface area (Å²) in [6.07, 6.45) is 2.80. The number of nitrogens with zero attached hydrogens (tertiary/aromatic N) is 5. The molecule has 1 amide bonds. The van der Waals surface area contributed by atoms with Gasteiger partial charge < -0.3 is 10.2 Å². The number of carbonyl (C=O) groups excluding carboxylic acids is 1. The van der Waals surface area contributed by atoms with Crippen LogP contribution in [0.3, 0.4) is 0 Å². The van der Waals surface area contributed by atoms with Crippen LogP contribution < -0.4 is 5.32 Å². The second-order valence-electron chi connectivity index (χ2n) is 7.06. The summed E-state index contributed by atoms with van der Waals surface area (Å²) in [5.74, 6) is -1.21. The largest absolute Gasteiger partial charge is 0.368 e. The summed E-state index contributed by atoms with van der Waals surface area (Å²) in [6, 6.07) is 11.1. The highest BCUT2D eigenvalue weighted by atomic mass is 35.5. The van der Waals surface area contributed by atoms with Gasteiger partial charge in [-0.25, -0.2) is 9.07 Å². The van der Waals surface area contributed by atoms with Crippen molar-refractivity contribution in [1.82, 2.24) is 14.7 Å². The third kappa shape index (κ3) is 5.74. The number of nitrogens with one attached hydrogen (secondary N) is 1. The van der Waals surface area contributed by atoms with Crippen molar-refractivity contribution in [2.75, 3.05) is 19.4 Å². The van der Waals surface area contributed by atoms with Gasteiger partial charge in [-0.3, -0.25) is 4.79 Å². The number of hydrogen-bond acceptors (Lipinski definition) is 5. The molecule has 1 aromatic heterocycles. The molecule has 0 aliphatic rings. The Morgan fingerprint density at radius 2 is 2.09 bits per heavy atom. The van der Waals surface area contributed by atoms with E-state index in [0.29, 0.717) is 10.6 Å². The van der Waals surface area contributed by atoms with Gasteiger partial charge in [0.05, 0.1) is 24.4 Å². The second-order valence-corrected chi connectivity index (χ2v) is 9.07. The van der Waals surface area contributed by atoms with Crippen molar-refractivity contribution in [2.45, 2.75) is 11.3 Å². The van der Waals surface area contributed by atoms with Crippen molar-refractivity contribution in [3.05, 3.63) is 70.8 Å². The van der Waals surface area contributed by atoms with Crippen LogP contribution in [-0.4, -0.2) is 49.4 Å². The Labute approximate surface area is 194 Å². The number of nitriles is 1. The first-order valence-electron chi connectivity index (χ1n) is 9.39. The van der Waals surface area contributed by atoms with Gasteiger partial charge in [-0.2, -0.15) is 18.8 Å². The Bertz CT molecular complexity index is 1380. The summed E-state index contributed by atoms with van der Waals surface area (Å²) >= 11 is 6.09. The van der Waals surface area contributed by atoms with Crippen LogP contribution >= 0.6 is 11.6 Å². The average molecular weight is 489 g/mol. The van der Waals surface area contributed by atoms with Crippen LogP contribution in [0.5, 0.6) is 0 Å². The smallest absolute Gasteiger partial charge is 0.285 e. The SMILES string of the molecule is CN(C)/C=N/S(=O)(=O)c1cc(NC(=O)Cc2ccccc2Cl)cc(C#N)c1-n1cc(F)cn1. The van der Waals surface area contributed by atoms with Gasteiger partial charge in [0.15, 0.2) is 5.82 Å². The van der Waals surface area contributed by atoms with Crippen molar-refractivity contribution >= 4 is 39.6 Å². The van der Waals surface area contributed by atoms with Crippen LogP contribution in [0.1, 0.15) is 11.1 Å². The number of amides is 1. The first kappa shape index (κ1) is 23.9. The molecule has 3 rings (SSSR count). The lowest BCUT2D eigenvalue weighted by atomic mass is 10.1. The summed E-state index contributed by atoms with van der Waals surface area (Å²) in [4.78, 5) is 13.5. The summed E-state index contributed by atoms with van der Waals surface area (Å²) in [6.45, 7) is 0. The van der Waals surface area contributed by atoms with Gasteiger partial charge in [0, 0.05) is 24.8 Å². The van der Waals surface area contributed by atoms with Gasteiger partial charge >= 0.3 is 0 Å². The molecular weight excluding hydrogens is 471 g/mol. The van der Waals surface area contributed by atoms with Crippen LogP contribution in [0.25, 0.3) is 5.69 Å². The Kier molecular flexibility index (Phi) is 7.10. The molecule has 0 atom stereocenters. The van der Waals surface area contributed by atoms with Gasteiger partial charge in [0.25, 0.3) is 10.0 Å². The van der Waals surface area contributed by atoms with E-state index in [1.54, 1.807) is 38.4 Å². The van der Waals surface area contributed by atoms with Crippen molar-refractivity contribution in [3.63, 3.8) is 0 Å². The molecule has 0 saturated heterocycles. The lowest BCUT2D eigenvalue weighted by Crippen LogP contribution is -2.17. The van der Waals surface area contributed by atoms with Gasteiger partial charge in [-0.05, 0) is 23.8 Å². The Morgan fingerprint density at radius 1 is 1.36 bits per heavy atom. The molecule has 0 bridgehead atoms. The minimum Gasteiger partial charge on any atom is -0.368 e. The van der Waals surface area contributed by atoms with Gasteiger partial charge in [-0.15, -0.1) is 4.40 Å². The zero-order valence-corrected chi connectivity index (χ0v) is 19.1. The Morgan fingerprint density at radius 3 is 2.70 bits per heavy atom. The fourth-order valence-corrected chi connectivity index (χ4v) is 4.21. The van der Waals surface area contributed by atoms with Crippen molar-refractivity contribution < 1.29 is 17.6 Å². The number of rotatable bonds is 7. The van der Waals surface area contributed by atoms with Crippen LogP contribution in [0, 0.1) is 17.1 Å². The summed E-state index contributed by atoms with van der Waals surface area (Å²) in [5, 5.41) is 16.4. The first-order valence-corrected chi connectivity index (χ1v) is 11.2. The van der Waals surface area contributed by atoms with Crippen molar-refractivity contribution in [2.24, 2.45) is 4.40 Å². The molecule has 33 heavy (non-hydrogen) atoms. The fraction of sp³-hybridized carbons (Fsp3) is 0.143. The molecule has 1 N–H and O–H groups in total. The second kappa shape index (κ2) is 9.81. The summed E-state index contributed by atoms with van der Waals surface area (Å²) in [5.41, 5.74) is 0.261. The number of aromatic nitrogens is 2. The Hall–Kier alpha value is -3.75. The van der Waals surface area contributed by atoms with E-state index >= 15 is 0 Å². The lowest BCUT2D eigenvalue weighted by Gasteiger charge is -2.14. The molecule has 2 aromatic carbocycles. The van der Waals surface area contributed by atoms with E-state index in [9.17, 15) is 22.9 Å². The molecule has 170 valence electrons.